The minimum atomic E-state index is 0.0872. The van der Waals surface area contributed by atoms with Gasteiger partial charge in [-0.3, -0.25) is 4.79 Å². The molecule has 6 nitrogen and oxygen atoms in total. The SMILES string of the molecule is Cc1ccccc1-c1noc(CNc2cccc(C)c2C(=O)N2CCCC2)n1. The molecule has 0 aliphatic carbocycles. The number of likely N-dealkylation sites (tertiary alicyclic amines) is 1. The summed E-state index contributed by atoms with van der Waals surface area (Å²) in [5, 5.41) is 7.41. The molecule has 2 aromatic carbocycles. The van der Waals surface area contributed by atoms with Crippen LogP contribution in [0.1, 0.15) is 40.2 Å². The lowest BCUT2D eigenvalue weighted by Crippen LogP contribution is -2.29. The minimum absolute atomic E-state index is 0.0872. The number of carbonyl (C=O) groups is 1. The Kier molecular flexibility index (Phi) is 5.10. The topological polar surface area (TPSA) is 71.3 Å². The van der Waals surface area contributed by atoms with E-state index in [2.05, 4.69) is 15.5 Å². The van der Waals surface area contributed by atoms with E-state index in [1.807, 2.05) is 61.2 Å². The first-order valence-corrected chi connectivity index (χ1v) is 9.65. The molecule has 0 unspecified atom stereocenters. The Morgan fingerprint density at radius 3 is 2.61 bits per heavy atom. The molecule has 6 heteroatoms. The lowest BCUT2D eigenvalue weighted by atomic mass is 10.0. The molecule has 28 heavy (non-hydrogen) atoms. The summed E-state index contributed by atoms with van der Waals surface area (Å²) in [6.45, 7) is 6.01. The fourth-order valence-electron chi connectivity index (χ4n) is 3.61. The molecule has 144 valence electrons. The van der Waals surface area contributed by atoms with Crippen LogP contribution in [-0.2, 0) is 6.54 Å². The van der Waals surface area contributed by atoms with Gasteiger partial charge in [0.1, 0.15) is 0 Å². The molecule has 1 aromatic heterocycles. The number of nitrogens with zero attached hydrogens (tertiary/aromatic N) is 3. The lowest BCUT2D eigenvalue weighted by Gasteiger charge is -2.19. The molecule has 1 aliphatic heterocycles. The molecule has 0 saturated carbocycles. The standard InChI is InChI=1S/C22H24N4O2/c1-15-8-3-4-10-17(15)21-24-19(28-25-21)14-23-18-11-7-9-16(2)20(18)22(27)26-12-5-6-13-26/h3-4,7-11,23H,5-6,12-14H2,1-2H3. The average Bonchev–Trinajstić information content (AvgIpc) is 3.38. The average molecular weight is 376 g/mol. The summed E-state index contributed by atoms with van der Waals surface area (Å²) in [6, 6.07) is 13.8. The van der Waals surface area contributed by atoms with Crippen molar-refractivity contribution in [3.63, 3.8) is 0 Å². The number of hydrogen-bond donors (Lipinski definition) is 1. The van der Waals surface area contributed by atoms with Crippen LogP contribution in [0, 0.1) is 13.8 Å². The van der Waals surface area contributed by atoms with Crippen LogP contribution in [0.25, 0.3) is 11.4 Å². The summed E-state index contributed by atoms with van der Waals surface area (Å²) in [5.74, 6) is 1.15. The summed E-state index contributed by atoms with van der Waals surface area (Å²) in [6.07, 6.45) is 2.15. The molecule has 1 amide bonds. The van der Waals surface area contributed by atoms with Gasteiger partial charge in [-0.25, -0.2) is 0 Å². The van der Waals surface area contributed by atoms with E-state index in [0.717, 1.165) is 53.9 Å². The molecular formula is C22H24N4O2. The maximum atomic E-state index is 13.0. The van der Waals surface area contributed by atoms with E-state index >= 15 is 0 Å². The van der Waals surface area contributed by atoms with Crippen molar-refractivity contribution in [1.82, 2.24) is 15.0 Å². The van der Waals surface area contributed by atoms with Crippen molar-refractivity contribution in [1.29, 1.82) is 0 Å². The third-order valence-corrected chi connectivity index (χ3v) is 5.16. The summed E-state index contributed by atoms with van der Waals surface area (Å²) in [4.78, 5) is 19.4. The van der Waals surface area contributed by atoms with Crippen LogP contribution in [-0.4, -0.2) is 34.0 Å². The predicted octanol–water partition coefficient (Wildman–Crippen LogP) is 4.20. The molecule has 0 radical (unpaired) electrons. The van der Waals surface area contributed by atoms with Crippen molar-refractivity contribution < 1.29 is 9.32 Å². The monoisotopic (exact) mass is 376 g/mol. The highest BCUT2D eigenvalue weighted by Gasteiger charge is 2.23. The maximum Gasteiger partial charge on any atom is 0.256 e. The van der Waals surface area contributed by atoms with Gasteiger partial charge >= 0.3 is 0 Å². The normalized spacial score (nSPS) is 13.7. The quantitative estimate of drug-likeness (QED) is 0.722. The zero-order chi connectivity index (χ0) is 19.5. The third kappa shape index (κ3) is 3.63. The van der Waals surface area contributed by atoms with Crippen molar-refractivity contribution in [2.45, 2.75) is 33.2 Å². The number of amides is 1. The van der Waals surface area contributed by atoms with Gasteiger partial charge < -0.3 is 14.7 Å². The second-order valence-electron chi connectivity index (χ2n) is 7.18. The van der Waals surface area contributed by atoms with Crippen LogP contribution in [0.4, 0.5) is 5.69 Å². The molecule has 1 saturated heterocycles. The van der Waals surface area contributed by atoms with Gasteiger partial charge in [0.25, 0.3) is 5.91 Å². The van der Waals surface area contributed by atoms with Crippen LogP contribution in [0.5, 0.6) is 0 Å². The lowest BCUT2D eigenvalue weighted by molar-refractivity contribution is 0.0793. The Hall–Kier alpha value is -3.15. The van der Waals surface area contributed by atoms with Crippen LogP contribution in [0.15, 0.2) is 47.0 Å². The molecular weight excluding hydrogens is 352 g/mol. The second-order valence-corrected chi connectivity index (χ2v) is 7.18. The first-order chi connectivity index (χ1) is 13.6. The van der Waals surface area contributed by atoms with Crippen LogP contribution < -0.4 is 5.32 Å². The van der Waals surface area contributed by atoms with Gasteiger partial charge in [-0.05, 0) is 43.9 Å². The highest BCUT2D eigenvalue weighted by molar-refractivity contribution is 6.01. The van der Waals surface area contributed by atoms with E-state index in [0.29, 0.717) is 18.3 Å². The zero-order valence-corrected chi connectivity index (χ0v) is 16.2. The number of carbonyl (C=O) groups excluding carboxylic acids is 1. The summed E-state index contributed by atoms with van der Waals surface area (Å²) < 4.78 is 5.41. The smallest absolute Gasteiger partial charge is 0.256 e. The molecule has 1 N–H and O–H groups in total. The number of benzene rings is 2. The molecule has 2 heterocycles. The Labute approximate surface area is 164 Å². The third-order valence-electron chi connectivity index (χ3n) is 5.16. The first kappa shape index (κ1) is 18.2. The molecule has 1 aliphatic rings. The molecule has 0 spiro atoms. The molecule has 0 bridgehead atoms. The Balaban J connectivity index is 1.52. The van der Waals surface area contributed by atoms with Gasteiger partial charge in [-0.2, -0.15) is 4.98 Å². The molecule has 0 atom stereocenters. The summed E-state index contributed by atoms with van der Waals surface area (Å²) in [7, 11) is 0. The van der Waals surface area contributed by atoms with Gasteiger partial charge in [0.15, 0.2) is 0 Å². The Bertz CT molecular complexity index is 990. The zero-order valence-electron chi connectivity index (χ0n) is 16.2. The molecule has 3 aromatic rings. The molecule has 4 rings (SSSR count). The van der Waals surface area contributed by atoms with E-state index in [1.165, 1.54) is 0 Å². The van der Waals surface area contributed by atoms with Gasteiger partial charge in [-0.15, -0.1) is 0 Å². The molecule has 1 fully saturated rings. The van der Waals surface area contributed by atoms with E-state index in [-0.39, 0.29) is 5.91 Å². The summed E-state index contributed by atoms with van der Waals surface area (Å²) >= 11 is 0. The van der Waals surface area contributed by atoms with Gasteiger partial charge in [0, 0.05) is 24.3 Å². The van der Waals surface area contributed by atoms with E-state index < -0.39 is 0 Å². The number of aryl methyl sites for hydroxylation is 2. The number of aromatic nitrogens is 2. The second kappa shape index (κ2) is 7.84. The Morgan fingerprint density at radius 1 is 1.07 bits per heavy atom. The van der Waals surface area contributed by atoms with Crippen molar-refractivity contribution in [3.8, 4) is 11.4 Å². The number of nitrogens with one attached hydrogen (secondary N) is 1. The van der Waals surface area contributed by atoms with E-state index in [4.69, 9.17) is 4.52 Å². The van der Waals surface area contributed by atoms with Crippen molar-refractivity contribution >= 4 is 11.6 Å². The fraction of sp³-hybridized carbons (Fsp3) is 0.318. The number of hydrogen-bond acceptors (Lipinski definition) is 5. The minimum Gasteiger partial charge on any atom is -0.375 e. The number of rotatable bonds is 5. The van der Waals surface area contributed by atoms with Gasteiger partial charge in [0.05, 0.1) is 12.1 Å². The number of anilines is 1. The van der Waals surface area contributed by atoms with Gasteiger partial charge in [0.2, 0.25) is 11.7 Å². The summed E-state index contributed by atoms with van der Waals surface area (Å²) in [5.41, 5.74) is 4.54. The van der Waals surface area contributed by atoms with Crippen LogP contribution in [0.2, 0.25) is 0 Å². The first-order valence-electron chi connectivity index (χ1n) is 9.65. The van der Waals surface area contributed by atoms with E-state index in [1.54, 1.807) is 0 Å². The van der Waals surface area contributed by atoms with E-state index in [9.17, 15) is 4.79 Å². The largest absolute Gasteiger partial charge is 0.375 e. The predicted molar refractivity (Wildman–Crippen MR) is 108 cm³/mol. The van der Waals surface area contributed by atoms with Gasteiger partial charge in [-0.1, -0.05) is 41.6 Å². The van der Waals surface area contributed by atoms with Crippen molar-refractivity contribution in [3.05, 3.63) is 65.0 Å². The Morgan fingerprint density at radius 2 is 1.82 bits per heavy atom. The maximum absolute atomic E-state index is 13.0. The highest BCUT2D eigenvalue weighted by Crippen LogP contribution is 2.25. The highest BCUT2D eigenvalue weighted by atomic mass is 16.5. The van der Waals surface area contributed by atoms with Crippen LogP contribution in [0.3, 0.4) is 0 Å². The van der Waals surface area contributed by atoms with Crippen molar-refractivity contribution in [2.75, 3.05) is 18.4 Å². The fourth-order valence-corrected chi connectivity index (χ4v) is 3.61. The van der Waals surface area contributed by atoms with Crippen LogP contribution >= 0.6 is 0 Å². The van der Waals surface area contributed by atoms with Crippen molar-refractivity contribution in [2.24, 2.45) is 0 Å².